The minimum atomic E-state index is 0.618. The average Bonchev–Trinajstić information content (AvgIpc) is 1.93. The molecule has 9 heavy (non-hydrogen) atoms. The summed E-state index contributed by atoms with van der Waals surface area (Å²) in [6.07, 6.45) is 9.27. The Morgan fingerprint density at radius 3 is 3.11 bits per heavy atom. The van der Waals surface area contributed by atoms with Gasteiger partial charge in [0.15, 0.2) is 0 Å². The van der Waals surface area contributed by atoms with E-state index in [4.69, 9.17) is 12.2 Å². The molecule has 48 valence electrons. The van der Waals surface area contributed by atoms with E-state index in [-0.39, 0.29) is 0 Å². The van der Waals surface area contributed by atoms with Gasteiger partial charge in [0.1, 0.15) is 0 Å². The Bertz CT molecular complexity index is 165. The van der Waals surface area contributed by atoms with E-state index in [1.807, 2.05) is 12.2 Å². The molecule has 0 amide bonds. The molecule has 0 spiro atoms. The van der Waals surface area contributed by atoms with Crippen molar-refractivity contribution in [3.63, 3.8) is 0 Å². The Morgan fingerprint density at radius 2 is 2.33 bits per heavy atom. The minimum Gasteiger partial charge on any atom is -0.0849 e. The van der Waals surface area contributed by atoms with Crippen LogP contribution in [0, 0.1) is 5.92 Å². The maximum absolute atomic E-state index is 5.04. The van der Waals surface area contributed by atoms with Crippen molar-refractivity contribution >= 4 is 17.1 Å². The van der Waals surface area contributed by atoms with Gasteiger partial charge in [-0.05, 0) is 18.4 Å². The van der Waals surface area contributed by atoms with Crippen LogP contribution in [0.15, 0.2) is 24.3 Å². The monoisotopic (exact) mass is 138 g/mol. The molecule has 1 rings (SSSR count). The van der Waals surface area contributed by atoms with Crippen LogP contribution < -0.4 is 0 Å². The molecule has 1 heteroatoms. The quantitative estimate of drug-likeness (QED) is 0.463. The fourth-order valence-corrected chi connectivity index (χ4v) is 1.21. The first-order valence-electron chi connectivity index (χ1n) is 3.17. The summed E-state index contributed by atoms with van der Waals surface area (Å²) in [6.45, 7) is 2.18. The summed E-state index contributed by atoms with van der Waals surface area (Å²) in [5, 5.41) is 0. The second kappa shape index (κ2) is 2.92. The number of hydrogen-bond donors (Lipinski definition) is 0. The van der Waals surface area contributed by atoms with Gasteiger partial charge in [0, 0.05) is 4.86 Å². The van der Waals surface area contributed by atoms with E-state index >= 15 is 0 Å². The molecular formula is C8H10S. The highest BCUT2D eigenvalue weighted by molar-refractivity contribution is 7.80. The van der Waals surface area contributed by atoms with Crippen molar-refractivity contribution in [1.82, 2.24) is 0 Å². The van der Waals surface area contributed by atoms with Crippen LogP contribution in [-0.4, -0.2) is 4.86 Å². The second-order valence-electron chi connectivity index (χ2n) is 2.39. The summed E-state index contributed by atoms with van der Waals surface area (Å²) in [4.78, 5) is 1.06. The Hall–Kier alpha value is -0.430. The van der Waals surface area contributed by atoms with Gasteiger partial charge >= 0.3 is 0 Å². The van der Waals surface area contributed by atoms with Gasteiger partial charge in [-0.25, -0.2) is 0 Å². The number of hydrogen-bond acceptors (Lipinski definition) is 1. The zero-order valence-corrected chi connectivity index (χ0v) is 6.32. The third kappa shape index (κ3) is 2.10. The zero-order valence-electron chi connectivity index (χ0n) is 5.50. The molecule has 0 radical (unpaired) electrons. The lowest BCUT2D eigenvalue weighted by atomic mass is 10.1. The lowest BCUT2D eigenvalue weighted by Gasteiger charge is -1.99. The van der Waals surface area contributed by atoms with E-state index in [0.29, 0.717) is 5.92 Å². The van der Waals surface area contributed by atoms with Crippen molar-refractivity contribution < 1.29 is 0 Å². The molecule has 1 unspecified atom stereocenters. The molecule has 0 aromatic rings. The van der Waals surface area contributed by atoms with Crippen LogP contribution in [0.5, 0.6) is 0 Å². The molecule has 0 N–H and O–H groups in total. The summed E-state index contributed by atoms with van der Waals surface area (Å²) >= 11 is 5.04. The van der Waals surface area contributed by atoms with Crippen LogP contribution in [-0.2, 0) is 0 Å². The van der Waals surface area contributed by atoms with E-state index in [0.717, 1.165) is 11.3 Å². The highest BCUT2D eigenvalue weighted by Crippen LogP contribution is 2.09. The number of allylic oxidation sites excluding steroid dienone is 4. The predicted molar refractivity (Wildman–Crippen MR) is 44.7 cm³/mol. The topological polar surface area (TPSA) is 0 Å². The second-order valence-corrected chi connectivity index (χ2v) is 2.92. The van der Waals surface area contributed by atoms with Crippen molar-refractivity contribution in [3.8, 4) is 0 Å². The van der Waals surface area contributed by atoms with E-state index in [1.165, 1.54) is 0 Å². The Balaban J connectivity index is 2.64. The number of rotatable bonds is 0. The molecule has 0 aliphatic heterocycles. The van der Waals surface area contributed by atoms with Gasteiger partial charge in [-0.2, -0.15) is 0 Å². The highest BCUT2D eigenvalue weighted by atomic mass is 32.1. The van der Waals surface area contributed by atoms with Gasteiger partial charge in [-0.1, -0.05) is 37.4 Å². The maximum atomic E-state index is 5.04. The van der Waals surface area contributed by atoms with Crippen LogP contribution in [0.25, 0.3) is 0 Å². The van der Waals surface area contributed by atoms with Crippen LogP contribution in [0.4, 0.5) is 0 Å². The molecule has 0 fully saturated rings. The highest BCUT2D eigenvalue weighted by Gasteiger charge is 2.00. The summed E-state index contributed by atoms with van der Waals surface area (Å²) in [5.41, 5.74) is 0. The molecule has 1 atom stereocenters. The van der Waals surface area contributed by atoms with Gasteiger partial charge in [0.2, 0.25) is 0 Å². The summed E-state index contributed by atoms with van der Waals surface area (Å²) in [7, 11) is 0. The van der Waals surface area contributed by atoms with Crippen molar-refractivity contribution in [1.29, 1.82) is 0 Å². The minimum absolute atomic E-state index is 0.618. The Labute approximate surface area is 61.3 Å². The predicted octanol–water partition coefficient (Wildman–Crippen LogP) is 2.51. The summed E-state index contributed by atoms with van der Waals surface area (Å²) in [6, 6.07) is 0. The largest absolute Gasteiger partial charge is 0.0849 e. The van der Waals surface area contributed by atoms with Crippen LogP contribution >= 0.6 is 12.2 Å². The van der Waals surface area contributed by atoms with E-state index in [2.05, 4.69) is 19.1 Å². The standard InChI is InChI=1S/C8H10S/c1-7-4-2-3-5-8(9)6-7/h2-5,7H,6H2,1H3. The zero-order chi connectivity index (χ0) is 6.69. The molecule has 1 aliphatic carbocycles. The van der Waals surface area contributed by atoms with Crippen LogP contribution in [0.1, 0.15) is 13.3 Å². The first-order chi connectivity index (χ1) is 4.29. The molecule has 0 aromatic heterocycles. The fourth-order valence-electron chi connectivity index (χ4n) is 0.870. The molecule has 1 aliphatic rings. The lowest BCUT2D eigenvalue weighted by Crippen LogP contribution is -1.95. The average molecular weight is 138 g/mol. The molecule has 0 nitrogen and oxygen atoms in total. The molecule has 0 aromatic carbocycles. The molecule has 0 saturated carbocycles. The van der Waals surface area contributed by atoms with Crippen molar-refractivity contribution in [2.24, 2.45) is 5.92 Å². The third-order valence-corrected chi connectivity index (χ3v) is 1.66. The molecule has 0 saturated heterocycles. The van der Waals surface area contributed by atoms with Gasteiger partial charge in [0.05, 0.1) is 0 Å². The number of thiocarbonyl (C=S) groups is 1. The first-order valence-corrected chi connectivity index (χ1v) is 3.57. The normalized spacial score (nSPS) is 26.3. The van der Waals surface area contributed by atoms with Gasteiger partial charge < -0.3 is 0 Å². The SMILES string of the molecule is CC1C=CC=CC(=S)C1. The van der Waals surface area contributed by atoms with E-state index < -0.39 is 0 Å². The lowest BCUT2D eigenvalue weighted by molar-refractivity contribution is 0.778. The molecule has 0 bridgehead atoms. The first kappa shape index (κ1) is 6.69. The maximum Gasteiger partial charge on any atom is 0.0157 e. The van der Waals surface area contributed by atoms with Gasteiger partial charge in [0.25, 0.3) is 0 Å². The van der Waals surface area contributed by atoms with Crippen molar-refractivity contribution in [2.45, 2.75) is 13.3 Å². The van der Waals surface area contributed by atoms with E-state index in [1.54, 1.807) is 0 Å². The van der Waals surface area contributed by atoms with Crippen molar-refractivity contribution in [3.05, 3.63) is 24.3 Å². The third-order valence-electron chi connectivity index (χ3n) is 1.36. The van der Waals surface area contributed by atoms with Gasteiger partial charge in [-0.3, -0.25) is 0 Å². The Morgan fingerprint density at radius 1 is 1.56 bits per heavy atom. The van der Waals surface area contributed by atoms with Gasteiger partial charge in [-0.15, -0.1) is 0 Å². The molecule has 0 heterocycles. The summed E-state index contributed by atoms with van der Waals surface area (Å²) < 4.78 is 0. The fraction of sp³-hybridized carbons (Fsp3) is 0.375. The molecular weight excluding hydrogens is 128 g/mol. The smallest absolute Gasteiger partial charge is 0.0157 e. The van der Waals surface area contributed by atoms with Crippen LogP contribution in [0.3, 0.4) is 0 Å². The van der Waals surface area contributed by atoms with Crippen LogP contribution in [0.2, 0.25) is 0 Å². The Kier molecular flexibility index (Phi) is 2.17. The summed E-state index contributed by atoms with van der Waals surface area (Å²) in [5.74, 6) is 0.618. The van der Waals surface area contributed by atoms with E-state index in [9.17, 15) is 0 Å². The van der Waals surface area contributed by atoms with Crippen molar-refractivity contribution in [2.75, 3.05) is 0 Å².